The number of aryl methyl sites for hydroxylation is 1. The maximum atomic E-state index is 13.8. The molecule has 0 spiro atoms. The van der Waals surface area contributed by atoms with Crippen molar-refractivity contribution in [2.45, 2.75) is 95.7 Å². The number of allylic oxidation sites excluding steroid dienone is 3. The van der Waals surface area contributed by atoms with Gasteiger partial charge >= 0.3 is 5.97 Å². The first kappa shape index (κ1) is 34.0. The van der Waals surface area contributed by atoms with Crippen LogP contribution in [-0.4, -0.2) is 80.0 Å². The molecule has 3 aliphatic heterocycles. The summed E-state index contributed by atoms with van der Waals surface area (Å²) in [5.41, 5.74) is 0.941. The summed E-state index contributed by atoms with van der Waals surface area (Å²) in [6.45, 7) is 13.3. The Morgan fingerprint density at radius 2 is 2.05 bits per heavy atom. The van der Waals surface area contributed by atoms with Crippen LogP contribution in [0.5, 0.6) is 0 Å². The molecule has 3 heterocycles. The standard InChI is InChI=1S/C33H46ClN3O7/c1-18-11-10-12-26(41-9)33(40)17-25(42-22(5)36-33)20(3)30-32(6,44-30)27(43-31(39)21(4)35-7)16-28(38)37(8)24-15-23(13-18)14-19(2)29(24)34/h10-12,14-15,20-21,25-27,30,35-36,40H,5,13,16-17H2,1-4,6-9H3/b12-10+,18-11+/t20-,21+,25+,26-,27+,30+,32+,33+/m1/s1. The number of hydrogen-bond acceptors (Lipinski definition) is 9. The molecule has 0 aliphatic carbocycles. The second-order valence-electron chi connectivity index (χ2n) is 12.5. The average Bonchev–Trinajstić information content (AvgIpc) is 3.66. The number of benzene rings is 1. The number of fused-ring (bicyclic) bond motifs is 5. The molecule has 4 bridgehead atoms. The van der Waals surface area contributed by atoms with Crippen LogP contribution in [0.1, 0.15) is 51.7 Å². The van der Waals surface area contributed by atoms with E-state index in [0.29, 0.717) is 17.1 Å². The fourth-order valence-corrected chi connectivity index (χ4v) is 6.35. The van der Waals surface area contributed by atoms with Gasteiger partial charge in [0, 0.05) is 26.5 Å². The third kappa shape index (κ3) is 7.00. The number of carbonyl (C=O) groups is 2. The number of likely N-dealkylation sites (N-methyl/N-ethyl adjacent to an activating group) is 1. The number of epoxide rings is 1. The lowest BCUT2D eigenvalue weighted by Crippen LogP contribution is -2.60. The number of carbonyl (C=O) groups excluding carboxylic acids is 2. The van der Waals surface area contributed by atoms with E-state index in [1.54, 1.807) is 27.1 Å². The minimum absolute atomic E-state index is 0.129. The van der Waals surface area contributed by atoms with Gasteiger partial charge in [-0.3, -0.25) is 9.59 Å². The lowest BCUT2D eigenvalue weighted by atomic mass is 9.83. The van der Waals surface area contributed by atoms with Gasteiger partial charge in [-0.15, -0.1) is 0 Å². The predicted octanol–water partition coefficient (Wildman–Crippen LogP) is 3.93. The number of methoxy groups -OCH3 is 1. The minimum Gasteiger partial charge on any atom is -0.476 e. The summed E-state index contributed by atoms with van der Waals surface area (Å²) >= 11 is 6.72. The van der Waals surface area contributed by atoms with E-state index in [0.717, 1.165) is 16.7 Å². The van der Waals surface area contributed by atoms with E-state index in [9.17, 15) is 14.7 Å². The Kier molecular flexibility index (Phi) is 10.2. The molecule has 1 amide bonds. The van der Waals surface area contributed by atoms with Crippen LogP contribution in [0, 0.1) is 12.8 Å². The second kappa shape index (κ2) is 13.2. The van der Waals surface area contributed by atoms with Gasteiger partial charge in [0.05, 0.1) is 23.2 Å². The lowest BCUT2D eigenvalue weighted by molar-refractivity contribution is -0.159. The second-order valence-corrected chi connectivity index (χ2v) is 12.9. The molecule has 242 valence electrons. The number of amides is 1. The van der Waals surface area contributed by atoms with Gasteiger partial charge in [-0.2, -0.15) is 0 Å². The van der Waals surface area contributed by atoms with Gasteiger partial charge in [-0.25, -0.2) is 0 Å². The highest BCUT2D eigenvalue weighted by Gasteiger charge is 2.64. The van der Waals surface area contributed by atoms with Crippen LogP contribution in [0.2, 0.25) is 5.02 Å². The van der Waals surface area contributed by atoms with E-state index in [4.69, 9.17) is 30.5 Å². The van der Waals surface area contributed by atoms with Gasteiger partial charge in [-0.1, -0.05) is 48.4 Å². The van der Waals surface area contributed by atoms with Gasteiger partial charge in [0.1, 0.15) is 30.0 Å². The third-order valence-corrected chi connectivity index (χ3v) is 9.56. The first-order valence-corrected chi connectivity index (χ1v) is 15.3. The zero-order valence-electron chi connectivity index (χ0n) is 26.9. The topological polar surface area (TPSA) is 122 Å². The van der Waals surface area contributed by atoms with E-state index in [1.165, 1.54) is 12.0 Å². The molecular weight excluding hydrogens is 586 g/mol. The van der Waals surface area contributed by atoms with Crippen LogP contribution >= 0.6 is 11.6 Å². The molecule has 3 aliphatic rings. The number of aliphatic hydroxyl groups is 1. The molecule has 1 aromatic carbocycles. The third-order valence-electron chi connectivity index (χ3n) is 9.06. The first-order valence-electron chi connectivity index (χ1n) is 15.0. The smallest absolute Gasteiger partial charge is 0.323 e. The van der Waals surface area contributed by atoms with Gasteiger partial charge in [0.15, 0.2) is 11.6 Å². The normalized spacial score (nSPS) is 35.4. The van der Waals surface area contributed by atoms with Crippen molar-refractivity contribution < 1.29 is 33.6 Å². The summed E-state index contributed by atoms with van der Waals surface area (Å²) in [6, 6.07) is 3.32. The van der Waals surface area contributed by atoms with Crippen molar-refractivity contribution in [3.8, 4) is 0 Å². The van der Waals surface area contributed by atoms with Crippen molar-refractivity contribution in [2.75, 3.05) is 26.1 Å². The van der Waals surface area contributed by atoms with Crippen LogP contribution in [-0.2, 0) is 35.0 Å². The maximum absolute atomic E-state index is 13.8. The van der Waals surface area contributed by atoms with E-state index in [1.807, 2.05) is 52.0 Å². The van der Waals surface area contributed by atoms with Crippen molar-refractivity contribution in [1.82, 2.24) is 10.6 Å². The predicted molar refractivity (Wildman–Crippen MR) is 169 cm³/mol. The van der Waals surface area contributed by atoms with Crippen molar-refractivity contribution in [2.24, 2.45) is 5.92 Å². The zero-order valence-corrected chi connectivity index (χ0v) is 27.7. The number of rotatable bonds is 4. The van der Waals surface area contributed by atoms with Crippen LogP contribution < -0.4 is 15.5 Å². The minimum atomic E-state index is -1.51. The Balaban J connectivity index is 1.78. The van der Waals surface area contributed by atoms with Crippen molar-refractivity contribution in [1.29, 1.82) is 0 Å². The van der Waals surface area contributed by atoms with Gasteiger partial charge in [-0.05, 0) is 64.9 Å². The molecule has 11 heteroatoms. The molecule has 2 saturated heterocycles. The summed E-state index contributed by atoms with van der Waals surface area (Å²) < 4.78 is 24.0. The van der Waals surface area contributed by atoms with E-state index >= 15 is 0 Å². The number of esters is 1. The number of nitrogens with one attached hydrogen (secondary N) is 2. The van der Waals surface area contributed by atoms with Crippen molar-refractivity contribution in [3.63, 3.8) is 0 Å². The summed E-state index contributed by atoms with van der Waals surface area (Å²) in [5, 5.41) is 18.1. The fraction of sp³-hybridized carbons (Fsp3) is 0.576. The highest BCUT2D eigenvalue weighted by molar-refractivity contribution is 6.34. The maximum Gasteiger partial charge on any atom is 0.323 e. The Morgan fingerprint density at radius 1 is 1.34 bits per heavy atom. The number of anilines is 1. The Labute approximate surface area is 265 Å². The Bertz CT molecular complexity index is 1350. The van der Waals surface area contributed by atoms with Crippen LogP contribution in [0.25, 0.3) is 0 Å². The summed E-state index contributed by atoms with van der Waals surface area (Å²) in [6.07, 6.45) is 3.69. The van der Waals surface area contributed by atoms with Gasteiger partial charge < -0.3 is 39.6 Å². The fourth-order valence-electron chi connectivity index (χ4n) is 6.11. The SMILES string of the molecule is C=C1N[C@]2(O)C[C@H](O1)[C@@H](C)[C@@H]1O[C@@]1(C)[C@@H](OC(=O)[C@H](C)NC)CC(=O)N(C)c1cc(cc(C)c1Cl)C/C(C)=C/C=C/[C@H]2OC. The average molecular weight is 632 g/mol. The number of ether oxygens (including phenoxy) is 4. The molecule has 0 saturated carbocycles. The molecule has 1 aromatic rings. The van der Waals surface area contributed by atoms with E-state index in [-0.39, 0.29) is 30.5 Å². The highest BCUT2D eigenvalue weighted by Crippen LogP contribution is 2.49. The number of nitrogens with zero attached hydrogens (tertiary/aromatic N) is 1. The van der Waals surface area contributed by atoms with Gasteiger partial charge in [0.25, 0.3) is 0 Å². The number of halogens is 1. The van der Waals surface area contributed by atoms with Gasteiger partial charge in [0.2, 0.25) is 5.91 Å². The molecular formula is C33H46ClN3O7. The lowest BCUT2D eigenvalue weighted by Gasteiger charge is -2.44. The molecule has 10 nitrogen and oxygen atoms in total. The van der Waals surface area contributed by atoms with Crippen LogP contribution in [0.4, 0.5) is 5.69 Å². The zero-order chi connectivity index (χ0) is 32.6. The molecule has 3 N–H and O–H groups in total. The molecule has 0 radical (unpaired) electrons. The van der Waals surface area contributed by atoms with Crippen LogP contribution in [0.3, 0.4) is 0 Å². The molecule has 0 unspecified atom stereocenters. The monoisotopic (exact) mass is 631 g/mol. The highest BCUT2D eigenvalue weighted by atomic mass is 35.5. The Hall–Kier alpha value is -2.89. The summed E-state index contributed by atoms with van der Waals surface area (Å²) in [5.74, 6) is -0.845. The van der Waals surface area contributed by atoms with E-state index < -0.39 is 47.8 Å². The molecule has 4 rings (SSSR count). The van der Waals surface area contributed by atoms with Crippen LogP contribution in [0.15, 0.2) is 48.4 Å². The molecule has 2 fully saturated rings. The molecule has 44 heavy (non-hydrogen) atoms. The van der Waals surface area contributed by atoms with Crippen molar-refractivity contribution >= 4 is 29.2 Å². The molecule has 8 atom stereocenters. The molecule has 0 aromatic heterocycles. The number of hydrogen-bond donors (Lipinski definition) is 3. The summed E-state index contributed by atoms with van der Waals surface area (Å²) in [7, 11) is 4.87. The first-order chi connectivity index (χ1) is 20.6. The quantitative estimate of drug-likeness (QED) is 0.335. The largest absolute Gasteiger partial charge is 0.476 e. The van der Waals surface area contributed by atoms with E-state index in [2.05, 4.69) is 17.2 Å². The van der Waals surface area contributed by atoms with Crippen molar-refractivity contribution in [3.05, 3.63) is 64.5 Å². The Morgan fingerprint density at radius 3 is 2.70 bits per heavy atom. The summed E-state index contributed by atoms with van der Waals surface area (Å²) in [4.78, 5) is 28.3.